The van der Waals surface area contributed by atoms with E-state index in [4.69, 9.17) is 9.47 Å². The van der Waals surface area contributed by atoms with E-state index in [0.29, 0.717) is 18.4 Å². The fourth-order valence-corrected chi connectivity index (χ4v) is 5.49. The molecule has 3 aromatic rings. The maximum absolute atomic E-state index is 13.7. The number of nitrogens with one attached hydrogen (secondary N) is 1. The molecule has 5 rings (SSSR count). The molecular formula is C28H26N2O6. The van der Waals surface area contributed by atoms with Crippen LogP contribution in [0, 0.1) is 15.5 Å². The van der Waals surface area contributed by atoms with Crippen molar-refractivity contribution in [3.8, 4) is 11.5 Å². The van der Waals surface area contributed by atoms with Crippen molar-refractivity contribution in [1.82, 2.24) is 0 Å². The number of rotatable bonds is 4. The van der Waals surface area contributed by atoms with Crippen molar-refractivity contribution in [2.45, 2.75) is 39.7 Å². The zero-order chi connectivity index (χ0) is 25.8. The second kappa shape index (κ2) is 8.48. The second-order valence-electron chi connectivity index (χ2n) is 10.0. The molecule has 1 aliphatic heterocycles. The monoisotopic (exact) mass is 486 g/mol. The standard InChI is InChI=1S/C28H26N2O6/c1-15(31)36-22-12-10-18(26(30(33)34)27(22)35-4)25-24-19(13-28(2,3)14-21(24)32)23-17-8-6-5-7-16(17)9-11-20(23)29-25/h5-12,25,29H,13-14H2,1-4H3/t25-/m1/s1. The summed E-state index contributed by atoms with van der Waals surface area (Å²) >= 11 is 0. The molecule has 36 heavy (non-hydrogen) atoms. The van der Waals surface area contributed by atoms with Crippen LogP contribution in [0.2, 0.25) is 0 Å². The summed E-state index contributed by atoms with van der Waals surface area (Å²) in [7, 11) is 1.29. The Kier molecular flexibility index (Phi) is 5.54. The maximum atomic E-state index is 13.7. The molecule has 0 bridgehead atoms. The van der Waals surface area contributed by atoms with E-state index in [1.165, 1.54) is 26.2 Å². The first-order chi connectivity index (χ1) is 17.1. The summed E-state index contributed by atoms with van der Waals surface area (Å²) in [6.45, 7) is 5.34. The summed E-state index contributed by atoms with van der Waals surface area (Å²) in [6, 6.07) is 14.2. The number of carbonyl (C=O) groups is 2. The van der Waals surface area contributed by atoms with Gasteiger partial charge in [0.15, 0.2) is 11.5 Å². The predicted octanol–water partition coefficient (Wildman–Crippen LogP) is 5.99. The number of nitrogens with zero attached hydrogens (tertiary/aromatic N) is 1. The first-order valence-corrected chi connectivity index (χ1v) is 11.7. The average molecular weight is 487 g/mol. The smallest absolute Gasteiger partial charge is 0.320 e. The highest BCUT2D eigenvalue weighted by Gasteiger charge is 2.43. The van der Waals surface area contributed by atoms with Crippen LogP contribution in [0.3, 0.4) is 0 Å². The van der Waals surface area contributed by atoms with Gasteiger partial charge < -0.3 is 14.8 Å². The molecule has 0 amide bonds. The fourth-order valence-electron chi connectivity index (χ4n) is 5.49. The lowest BCUT2D eigenvalue weighted by atomic mass is 9.67. The maximum Gasteiger partial charge on any atom is 0.320 e. The first kappa shape index (κ1) is 23.5. The van der Waals surface area contributed by atoms with Gasteiger partial charge in [-0.25, -0.2) is 0 Å². The van der Waals surface area contributed by atoms with Gasteiger partial charge in [-0.05, 0) is 46.4 Å². The van der Waals surface area contributed by atoms with Crippen LogP contribution >= 0.6 is 0 Å². The summed E-state index contributed by atoms with van der Waals surface area (Å²) in [5.41, 5.74) is 2.88. The minimum absolute atomic E-state index is 0.0466. The molecular weight excluding hydrogens is 460 g/mol. The van der Waals surface area contributed by atoms with E-state index in [1.807, 2.05) is 36.4 Å². The molecule has 2 aliphatic rings. The lowest BCUT2D eigenvalue weighted by molar-refractivity contribution is -0.386. The van der Waals surface area contributed by atoms with Crippen molar-refractivity contribution in [2.24, 2.45) is 5.41 Å². The number of hydrogen-bond donors (Lipinski definition) is 1. The molecule has 0 saturated carbocycles. The first-order valence-electron chi connectivity index (χ1n) is 11.7. The molecule has 0 radical (unpaired) electrons. The molecule has 0 aromatic heterocycles. The quantitative estimate of drug-likeness (QED) is 0.209. The molecule has 3 aromatic carbocycles. The number of fused-ring (bicyclic) bond motifs is 4. The van der Waals surface area contributed by atoms with Crippen molar-refractivity contribution in [3.05, 3.63) is 75.3 Å². The van der Waals surface area contributed by atoms with E-state index < -0.39 is 16.9 Å². The van der Waals surface area contributed by atoms with Gasteiger partial charge in [-0.1, -0.05) is 44.2 Å². The third-order valence-corrected chi connectivity index (χ3v) is 6.82. The summed E-state index contributed by atoms with van der Waals surface area (Å²) < 4.78 is 10.5. The van der Waals surface area contributed by atoms with Crippen LogP contribution in [0.1, 0.15) is 50.8 Å². The van der Waals surface area contributed by atoms with Crippen LogP contribution in [0.25, 0.3) is 16.3 Å². The van der Waals surface area contributed by atoms with Crippen LogP contribution in [0.5, 0.6) is 11.5 Å². The van der Waals surface area contributed by atoms with Gasteiger partial charge in [0, 0.05) is 30.2 Å². The number of benzene rings is 3. The Hall–Kier alpha value is -4.20. The van der Waals surface area contributed by atoms with Gasteiger partial charge >= 0.3 is 11.7 Å². The minimum Gasteiger partial charge on any atom is -0.488 e. The van der Waals surface area contributed by atoms with E-state index in [9.17, 15) is 19.7 Å². The van der Waals surface area contributed by atoms with Crippen LogP contribution in [-0.2, 0) is 9.59 Å². The van der Waals surface area contributed by atoms with Gasteiger partial charge in [0.25, 0.3) is 0 Å². The number of Topliss-reactive ketones (excluding diaryl/α,β-unsaturated/α-hetero) is 1. The zero-order valence-electron chi connectivity index (χ0n) is 20.5. The number of allylic oxidation sites excluding steroid dienone is 1. The predicted molar refractivity (Wildman–Crippen MR) is 136 cm³/mol. The number of nitro benzene ring substituents is 1. The third-order valence-electron chi connectivity index (χ3n) is 6.82. The van der Waals surface area contributed by atoms with Gasteiger partial charge in [0.1, 0.15) is 0 Å². The normalized spacial score (nSPS) is 18.2. The fraction of sp³-hybridized carbons (Fsp3) is 0.286. The Morgan fingerprint density at radius 1 is 1.11 bits per heavy atom. The molecule has 1 N–H and O–H groups in total. The van der Waals surface area contributed by atoms with E-state index in [2.05, 4.69) is 19.2 Å². The molecule has 8 heteroatoms. The summed E-state index contributed by atoms with van der Waals surface area (Å²) in [5, 5.41) is 17.8. The Balaban J connectivity index is 1.80. The van der Waals surface area contributed by atoms with E-state index >= 15 is 0 Å². The number of hydrogen-bond acceptors (Lipinski definition) is 7. The zero-order valence-corrected chi connectivity index (χ0v) is 20.5. The number of carbonyl (C=O) groups excluding carboxylic acids is 2. The molecule has 184 valence electrons. The van der Waals surface area contributed by atoms with Crippen LogP contribution in [0.4, 0.5) is 11.4 Å². The highest BCUT2D eigenvalue weighted by Crippen LogP contribution is 2.54. The summed E-state index contributed by atoms with van der Waals surface area (Å²) in [6.07, 6.45) is 0.990. The second-order valence-corrected chi connectivity index (χ2v) is 10.0. The van der Waals surface area contributed by atoms with Gasteiger partial charge in [-0.2, -0.15) is 0 Å². The van der Waals surface area contributed by atoms with Crippen molar-refractivity contribution >= 4 is 39.5 Å². The molecule has 8 nitrogen and oxygen atoms in total. The van der Waals surface area contributed by atoms with Crippen LogP contribution < -0.4 is 14.8 Å². The largest absolute Gasteiger partial charge is 0.488 e. The highest BCUT2D eigenvalue weighted by molar-refractivity contribution is 6.13. The van der Waals surface area contributed by atoms with E-state index in [1.54, 1.807) is 0 Å². The summed E-state index contributed by atoms with van der Waals surface area (Å²) in [5.74, 6) is -0.881. The minimum atomic E-state index is -0.766. The molecule has 0 saturated heterocycles. The topological polar surface area (TPSA) is 108 Å². The number of nitro groups is 1. The lowest BCUT2D eigenvalue weighted by Gasteiger charge is -2.40. The Morgan fingerprint density at radius 3 is 2.56 bits per heavy atom. The van der Waals surface area contributed by atoms with Gasteiger partial charge in [-0.15, -0.1) is 0 Å². The van der Waals surface area contributed by atoms with Crippen molar-refractivity contribution in [1.29, 1.82) is 0 Å². The summed E-state index contributed by atoms with van der Waals surface area (Å²) in [4.78, 5) is 37.0. The number of methoxy groups -OCH3 is 1. The molecule has 0 fully saturated rings. The number of esters is 1. The third kappa shape index (κ3) is 3.79. The van der Waals surface area contributed by atoms with E-state index in [0.717, 1.165) is 27.6 Å². The molecule has 1 aliphatic carbocycles. The Labute approximate surface area is 208 Å². The number of ketones is 1. The Bertz CT molecular complexity index is 1490. The van der Waals surface area contributed by atoms with Crippen molar-refractivity contribution in [2.75, 3.05) is 12.4 Å². The highest BCUT2D eigenvalue weighted by atomic mass is 16.6. The van der Waals surface area contributed by atoms with Crippen LogP contribution in [-0.4, -0.2) is 23.8 Å². The molecule has 1 heterocycles. The van der Waals surface area contributed by atoms with Gasteiger partial charge in [-0.3, -0.25) is 19.7 Å². The lowest BCUT2D eigenvalue weighted by Crippen LogP contribution is -2.33. The molecule has 1 atom stereocenters. The number of ether oxygens (including phenoxy) is 2. The van der Waals surface area contributed by atoms with Crippen molar-refractivity contribution in [3.63, 3.8) is 0 Å². The van der Waals surface area contributed by atoms with Crippen LogP contribution in [0.15, 0.2) is 54.1 Å². The average Bonchev–Trinajstić information content (AvgIpc) is 2.81. The van der Waals surface area contributed by atoms with Crippen molar-refractivity contribution < 1.29 is 24.0 Å². The molecule has 0 spiro atoms. The SMILES string of the molecule is COc1c(OC(C)=O)ccc([C@H]2Nc3ccc4ccccc4c3C3=C2C(=O)CC(C)(C)C3)c1[N+](=O)[O-]. The van der Waals surface area contributed by atoms with Gasteiger partial charge in [0.05, 0.1) is 23.6 Å². The Morgan fingerprint density at radius 2 is 1.86 bits per heavy atom. The molecule has 0 unspecified atom stereocenters. The van der Waals surface area contributed by atoms with E-state index in [-0.39, 0.29) is 33.9 Å². The number of anilines is 1. The van der Waals surface area contributed by atoms with Gasteiger partial charge in [0.2, 0.25) is 5.75 Å².